The van der Waals surface area contributed by atoms with Gasteiger partial charge in [-0.1, -0.05) is 90.4 Å². The minimum Gasteiger partial charge on any atom is -0.376 e. The molecule has 0 N–H and O–H groups in total. The van der Waals surface area contributed by atoms with Gasteiger partial charge in [-0.25, -0.2) is 8.78 Å². The van der Waals surface area contributed by atoms with Gasteiger partial charge < -0.3 is 4.74 Å². The smallest absolute Gasteiger partial charge is 0.248 e. The number of unbranched alkanes of at least 4 members (excludes halogenated alkanes) is 13. The summed E-state index contributed by atoms with van der Waals surface area (Å²) in [6, 6.07) is 0. The third-order valence-corrected chi connectivity index (χ3v) is 5.12. The molecule has 0 aliphatic heterocycles. The average molecular weight is 391 g/mol. The molecule has 0 aromatic carbocycles. The highest BCUT2D eigenvalue weighted by Crippen LogP contribution is 2.27. The summed E-state index contributed by atoms with van der Waals surface area (Å²) in [7, 11) is 0. The Morgan fingerprint density at radius 1 is 0.556 bits per heavy atom. The Kier molecular flexibility index (Phi) is 16.6. The second kappa shape index (κ2) is 16.7. The Bertz CT molecular complexity index is 310. The van der Waals surface area contributed by atoms with E-state index in [9.17, 15) is 8.78 Å². The van der Waals surface area contributed by atoms with Crippen molar-refractivity contribution in [2.75, 3.05) is 6.61 Å². The zero-order valence-electron chi connectivity index (χ0n) is 18.9. The van der Waals surface area contributed by atoms with Crippen molar-refractivity contribution in [3.05, 3.63) is 0 Å². The van der Waals surface area contributed by atoms with Crippen molar-refractivity contribution < 1.29 is 13.5 Å². The fourth-order valence-corrected chi connectivity index (χ4v) is 3.41. The second-order valence-corrected chi connectivity index (χ2v) is 9.27. The van der Waals surface area contributed by atoms with Crippen LogP contribution in [0.5, 0.6) is 0 Å². The Labute approximate surface area is 169 Å². The number of hydrogen-bond acceptors (Lipinski definition) is 1. The molecule has 0 aliphatic rings. The molecule has 27 heavy (non-hydrogen) atoms. The van der Waals surface area contributed by atoms with Crippen molar-refractivity contribution in [1.29, 1.82) is 0 Å². The summed E-state index contributed by atoms with van der Waals surface area (Å²) in [6.07, 6.45) is 18.0. The first-order chi connectivity index (χ1) is 12.8. The minimum atomic E-state index is -2.52. The summed E-state index contributed by atoms with van der Waals surface area (Å²) >= 11 is 0. The van der Waals surface area contributed by atoms with E-state index in [4.69, 9.17) is 4.74 Å². The van der Waals surface area contributed by atoms with Crippen LogP contribution in [0.1, 0.15) is 137 Å². The molecular formula is C24H48F2O. The number of hydrogen-bond donors (Lipinski definition) is 0. The standard InChI is InChI=1S/C24H48F2O/c1-5-6-7-8-9-10-11-12-13-14-15-16-17-18-20-24(25,26)21-19-22-27-23(2,3)4/h5-22H2,1-4H3. The molecule has 0 aliphatic carbocycles. The molecule has 0 saturated carbocycles. The third-order valence-electron chi connectivity index (χ3n) is 5.12. The first-order valence-electron chi connectivity index (χ1n) is 11.8. The van der Waals surface area contributed by atoms with Crippen molar-refractivity contribution in [2.24, 2.45) is 0 Å². The molecule has 0 aromatic heterocycles. The zero-order valence-corrected chi connectivity index (χ0v) is 18.9. The average Bonchev–Trinajstić information content (AvgIpc) is 2.58. The number of ether oxygens (including phenoxy) is 1. The van der Waals surface area contributed by atoms with E-state index in [0.717, 1.165) is 12.8 Å². The molecule has 1 nitrogen and oxygen atoms in total. The predicted molar refractivity (Wildman–Crippen MR) is 115 cm³/mol. The Balaban J connectivity index is 3.33. The van der Waals surface area contributed by atoms with Gasteiger partial charge in [-0.3, -0.25) is 0 Å². The van der Waals surface area contributed by atoms with Crippen LogP contribution >= 0.6 is 0 Å². The van der Waals surface area contributed by atoms with E-state index in [0.29, 0.717) is 19.4 Å². The first kappa shape index (κ1) is 26.8. The second-order valence-electron chi connectivity index (χ2n) is 9.27. The van der Waals surface area contributed by atoms with Crippen LogP contribution in [0, 0.1) is 0 Å². The van der Waals surface area contributed by atoms with E-state index in [1.54, 1.807) is 0 Å². The van der Waals surface area contributed by atoms with Gasteiger partial charge >= 0.3 is 0 Å². The van der Waals surface area contributed by atoms with Gasteiger partial charge in [-0.2, -0.15) is 0 Å². The monoisotopic (exact) mass is 390 g/mol. The van der Waals surface area contributed by atoms with E-state index in [-0.39, 0.29) is 18.4 Å². The summed E-state index contributed by atoms with van der Waals surface area (Å²) in [5.41, 5.74) is -0.232. The quantitative estimate of drug-likeness (QED) is 0.200. The summed E-state index contributed by atoms with van der Waals surface area (Å²) in [6.45, 7) is 8.56. The van der Waals surface area contributed by atoms with E-state index in [2.05, 4.69) is 6.92 Å². The van der Waals surface area contributed by atoms with Crippen molar-refractivity contribution in [3.63, 3.8) is 0 Å². The lowest BCUT2D eigenvalue weighted by molar-refractivity contribution is -0.0443. The number of rotatable bonds is 19. The molecule has 0 radical (unpaired) electrons. The summed E-state index contributed by atoms with van der Waals surface area (Å²) in [4.78, 5) is 0. The van der Waals surface area contributed by atoms with E-state index in [1.807, 2.05) is 20.8 Å². The van der Waals surface area contributed by atoms with Gasteiger partial charge in [-0.15, -0.1) is 0 Å². The first-order valence-corrected chi connectivity index (χ1v) is 11.8. The van der Waals surface area contributed by atoms with Gasteiger partial charge in [-0.05, 0) is 33.6 Å². The molecule has 3 heteroatoms. The summed E-state index contributed by atoms with van der Waals surface area (Å²) in [5.74, 6) is -2.52. The van der Waals surface area contributed by atoms with Crippen LogP contribution in [0.2, 0.25) is 0 Å². The van der Waals surface area contributed by atoms with E-state index in [1.165, 1.54) is 70.6 Å². The molecule has 0 saturated heterocycles. The molecule has 0 heterocycles. The van der Waals surface area contributed by atoms with E-state index < -0.39 is 5.92 Å². The highest BCUT2D eigenvalue weighted by molar-refractivity contribution is 4.67. The van der Waals surface area contributed by atoms with Crippen molar-refractivity contribution in [2.45, 2.75) is 148 Å². The van der Waals surface area contributed by atoms with Gasteiger partial charge in [0.15, 0.2) is 0 Å². The lowest BCUT2D eigenvalue weighted by Crippen LogP contribution is -2.22. The van der Waals surface area contributed by atoms with Crippen molar-refractivity contribution >= 4 is 0 Å². The van der Waals surface area contributed by atoms with Gasteiger partial charge in [0.1, 0.15) is 0 Å². The number of alkyl halides is 2. The highest BCUT2D eigenvalue weighted by Gasteiger charge is 2.27. The lowest BCUT2D eigenvalue weighted by Gasteiger charge is -2.21. The van der Waals surface area contributed by atoms with Crippen LogP contribution in [0.25, 0.3) is 0 Å². The molecule has 0 rings (SSSR count). The van der Waals surface area contributed by atoms with Crippen molar-refractivity contribution in [3.8, 4) is 0 Å². The molecule has 0 unspecified atom stereocenters. The van der Waals surface area contributed by atoms with Crippen LogP contribution in [0.15, 0.2) is 0 Å². The van der Waals surface area contributed by atoms with Gasteiger partial charge in [0, 0.05) is 19.4 Å². The molecule has 164 valence electrons. The van der Waals surface area contributed by atoms with Crippen LogP contribution in [0.4, 0.5) is 8.78 Å². The Hall–Kier alpha value is -0.180. The maximum absolute atomic E-state index is 13.8. The van der Waals surface area contributed by atoms with Crippen molar-refractivity contribution in [1.82, 2.24) is 0 Å². The topological polar surface area (TPSA) is 9.23 Å². The maximum atomic E-state index is 13.8. The van der Waals surface area contributed by atoms with Crippen LogP contribution in [0.3, 0.4) is 0 Å². The maximum Gasteiger partial charge on any atom is 0.248 e. The van der Waals surface area contributed by atoms with E-state index >= 15 is 0 Å². The predicted octanol–water partition coefficient (Wildman–Crippen LogP) is 9.09. The third kappa shape index (κ3) is 22.0. The molecule has 0 amide bonds. The molecule has 0 bridgehead atoms. The van der Waals surface area contributed by atoms with Gasteiger partial charge in [0.2, 0.25) is 5.92 Å². The fraction of sp³-hybridized carbons (Fsp3) is 1.00. The highest BCUT2D eigenvalue weighted by atomic mass is 19.3. The molecule has 0 spiro atoms. The normalized spacial score (nSPS) is 12.7. The Morgan fingerprint density at radius 3 is 1.33 bits per heavy atom. The minimum absolute atomic E-state index is 0.0402. The van der Waals surface area contributed by atoms with Gasteiger partial charge in [0.25, 0.3) is 0 Å². The molecule has 0 atom stereocenters. The number of halogens is 2. The summed E-state index contributed by atoms with van der Waals surface area (Å²) in [5, 5.41) is 0. The zero-order chi connectivity index (χ0) is 20.4. The fourth-order valence-electron chi connectivity index (χ4n) is 3.41. The lowest BCUT2D eigenvalue weighted by atomic mass is 10.0. The molecule has 0 fully saturated rings. The SMILES string of the molecule is CCCCCCCCCCCCCCCCC(F)(F)CCCOC(C)(C)C. The van der Waals surface area contributed by atoms with Gasteiger partial charge in [0.05, 0.1) is 5.60 Å². The van der Waals surface area contributed by atoms with Crippen LogP contribution in [-0.4, -0.2) is 18.1 Å². The van der Waals surface area contributed by atoms with Crippen LogP contribution < -0.4 is 0 Å². The Morgan fingerprint density at radius 2 is 0.926 bits per heavy atom. The molecule has 0 aromatic rings. The van der Waals surface area contributed by atoms with Crippen LogP contribution in [-0.2, 0) is 4.74 Å². The summed E-state index contributed by atoms with van der Waals surface area (Å²) < 4.78 is 33.2. The molecular weight excluding hydrogens is 342 g/mol. The largest absolute Gasteiger partial charge is 0.376 e.